The highest BCUT2D eigenvalue weighted by molar-refractivity contribution is 9.10. The first-order chi connectivity index (χ1) is 9.49. The van der Waals surface area contributed by atoms with Crippen LogP contribution in [0, 0.1) is 5.41 Å². The van der Waals surface area contributed by atoms with Crippen molar-refractivity contribution in [1.82, 2.24) is 5.32 Å². The standard InChI is InChI=1S/C15H16BrNO3/c1-20-13(19)14-7-15(8-14,9-14)17-12(18)6-10-4-2-3-5-11(10)16/h2-5H,6-9H2,1H3,(H,17,18). The summed E-state index contributed by atoms with van der Waals surface area (Å²) in [6, 6.07) is 7.70. The molecule has 1 aromatic carbocycles. The highest BCUT2D eigenvalue weighted by Gasteiger charge is 2.72. The third kappa shape index (κ3) is 2.04. The monoisotopic (exact) mass is 337 g/mol. The van der Waals surface area contributed by atoms with E-state index >= 15 is 0 Å². The largest absolute Gasteiger partial charge is 0.469 e. The predicted octanol–water partition coefficient (Wildman–Crippen LogP) is 2.20. The van der Waals surface area contributed by atoms with Crippen LogP contribution >= 0.6 is 15.9 Å². The maximum Gasteiger partial charge on any atom is 0.312 e. The van der Waals surface area contributed by atoms with Crippen LogP contribution in [0.15, 0.2) is 28.7 Å². The van der Waals surface area contributed by atoms with Gasteiger partial charge in [-0.3, -0.25) is 9.59 Å². The number of hydrogen-bond acceptors (Lipinski definition) is 3. The molecule has 2 bridgehead atoms. The van der Waals surface area contributed by atoms with Crippen molar-refractivity contribution in [3.05, 3.63) is 34.3 Å². The van der Waals surface area contributed by atoms with Gasteiger partial charge in [-0.1, -0.05) is 34.1 Å². The number of benzene rings is 1. The summed E-state index contributed by atoms with van der Waals surface area (Å²) in [5.74, 6) is -0.130. The van der Waals surface area contributed by atoms with Gasteiger partial charge in [-0.25, -0.2) is 0 Å². The molecule has 0 heterocycles. The number of ether oxygens (including phenoxy) is 1. The van der Waals surface area contributed by atoms with Gasteiger partial charge < -0.3 is 10.1 Å². The van der Waals surface area contributed by atoms with Crippen molar-refractivity contribution in [3.63, 3.8) is 0 Å². The van der Waals surface area contributed by atoms with Crippen molar-refractivity contribution in [2.75, 3.05) is 7.11 Å². The second kappa shape index (κ2) is 4.58. The molecule has 1 amide bonds. The molecule has 0 aromatic heterocycles. The first kappa shape index (κ1) is 13.6. The lowest BCUT2D eigenvalue weighted by Crippen LogP contribution is -2.77. The molecule has 3 saturated carbocycles. The molecule has 0 saturated heterocycles. The Morgan fingerprint density at radius 3 is 2.55 bits per heavy atom. The number of halogens is 1. The van der Waals surface area contributed by atoms with Crippen molar-refractivity contribution < 1.29 is 14.3 Å². The van der Waals surface area contributed by atoms with Gasteiger partial charge in [-0.15, -0.1) is 0 Å². The van der Waals surface area contributed by atoms with E-state index in [1.165, 1.54) is 7.11 Å². The number of amides is 1. The van der Waals surface area contributed by atoms with Crippen LogP contribution in [0.5, 0.6) is 0 Å². The number of carbonyl (C=O) groups is 2. The molecule has 106 valence electrons. The Morgan fingerprint density at radius 1 is 1.30 bits per heavy atom. The topological polar surface area (TPSA) is 55.4 Å². The van der Waals surface area contributed by atoms with Crippen molar-refractivity contribution in [3.8, 4) is 0 Å². The second-order valence-electron chi connectivity index (χ2n) is 5.90. The second-order valence-corrected chi connectivity index (χ2v) is 6.75. The van der Waals surface area contributed by atoms with Crippen LogP contribution in [-0.2, 0) is 20.7 Å². The Balaban J connectivity index is 1.55. The summed E-state index contributed by atoms with van der Waals surface area (Å²) in [4.78, 5) is 23.7. The van der Waals surface area contributed by atoms with Gasteiger partial charge in [0.1, 0.15) is 0 Å². The van der Waals surface area contributed by atoms with Crippen molar-refractivity contribution >= 4 is 27.8 Å². The molecule has 20 heavy (non-hydrogen) atoms. The fourth-order valence-corrected chi connectivity index (χ4v) is 3.93. The van der Waals surface area contributed by atoms with Crippen molar-refractivity contribution in [1.29, 1.82) is 0 Å². The van der Waals surface area contributed by atoms with Crippen LogP contribution in [-0.4, -0.2) is 24.5 Å². The summed E-state index contributed by atoms with van der Waals surface area (Å²) in [6.07, 6.45) is 2.51. The van der Waals surface area contributed by atoms with E-state index in [0.717, 1.165) is 10.0 Å². The van der Waals surface area contributed by atoms with E-state index in [0.29, 0.717) is 25.7 Å². The number of carbonyl (C=O) groups excluding carboxylic acids is 2. The molecule has 3 aliphatic rings. The third-order valence-corrected chi connectivity index (χ3v) is 5.14. The average molecular weight is 338 g/mol. The minimum Gasteiger partial charge on any atom is -0.469 e. The number of esters is 1. The van der Waals surface area contributed by atoms with Crippen LogP contribution < -0.4 is 5.32 Å². The number of nitrogens with one attached hydrogen (secondary N) is 1. The Bertz CT molecular complexity index is 564. The van der Waals surface area contributed by atoms with Crippen LogP contribution in [0.2, 0.25) is 0 Å². The van der Waals surface area contributed by atoms with Crippen molar-refractivity contribution in [2.24, 2.45) is 5.41 Å². The molecular weight excluding hydrogens is 322 g/mol. The molecule has 4 rings (SSSR count). The Kier molecular flexibility index (Phi) is 3.12. The molecule has 3 fully saturated rings. The molecule has 0 aliphatic heterocycles. The van der Waals surface area contributed by atoms with Crippen LogP contribution in [0.4, 0.5) is 0 Å². The summed E-state index contributed by atoms with van der Waals surface area (Å²) in [5.41, 5.74) is 0.501. The molecule has 0 spiro atoms. The van der Waals surface area contributed by atoms with Gasteiger partial charge in [0, 0.05) is 10.0 Å². The summed E-state index contributed by atoms with van der Waals surface area (Å²) in [5, 5.41) is 3.07. The van der Waals surface area contributed by atoms with E-state index in [9.17, 15) is 9.59 Å². The predicted molar refractivity (Wildman–Crippen MR) is 77.0 cm³/mol. The van der Waals surface area contributed by atoms with Crippen LogP contribution in [0.25, 0.3) is 0 Å². The van der Waals surface area contributed by atoms with Crippen LogP contribution in [0.1, 0.15) is 24.8 Å². The average Bonchev–Trinajstić information content (AvgIpc) is 2.34. The van der Waals surface area contributed by atoms with E-state index in [2.05, 4.69) is 21.2 Å². The summed E-state index contributed by atoms with van der Waals surface area (Å²) < 4.78 is 5.74. The zero-order valence-electron chi connectivity index (χ0n) is 11.2. The van der Waals surface area contributed by atoms with E-state index in [4.69, 9.17) is 4.74 Å². The highest BCUT2D eigenvalue weighted by Crippen LogP contribution is 2.67. The lowest BCUT2D eigenvalue weighted by molar-refractivity contribution is -0.202. The Morgan fingerprint density at radius 2 is 1.95 bits per heavy atom. The lowest BCUT2D eigenvalue weighted by atomic mass is 9.39. The number of methoxy groups -OCH3 is 1. The normalized spacial score (nSPS) is 29.9. The fraction of sp³-hybridized carbons (Fsp3) is 0.467. The zero-order valence-corrected chi connectivity index (χ0v) is 12.8. The number of hydrogen-bond donors (Lipinski definition) is 1. The minimum atomic E-state index is -0.310. The minimum absolute atomic E-state index is 0.00932. The summed E-state index contributed by atoms with van der Waals surface area (Å²) in [7, 11) is 1.42. The third-order valence-electron chi connectivity index (χ3n) is 4.36. The van der Waals surface area contributed by atoms with Gasteiger partial charge in [-0.2, -0.15) is 0 Å². The molecule has 1 aromatic rings. The van der Waals surface area contributed by atoms with Gasteiger partial charge in [-0.05, 0) is 30.9 Å². The first-order valence-corrected chi connectivity index (χ1v) is 7.41. The van der Waals surface area contributed by atoms with E-state index in [1.54, 1.807) is 0 Å². The maximum atomic E-state index is 12.1. The smallest absolute Gasteiger partial charge is 0.312 e. The van der Waals surface area contributed by atoms with E-state index in [-0.39, 0.29) is 22.8 Å². The quantitative estimate of drug-likeness (QED) is 0.857. The van der Waals surface area contributed by atoms with Gasteiger partial charge in [0.2, 0.25) is 5.91 Å². The Labute approximate surface area is 126 Å². The van der Waals surface area contributed by atoms with Gasteiger partial charge in [0.15, 0.2) is 0 Å². The summed E-state index contributed by atoms with van der Waals surface area (Å²) >= 11 is 3.44. The highest BCUT2D eigenvalue weighted by atomic mass is 79.9. The molecule has 3 aliphatic carbocycles. The fourth-order valence-electron chi connectivity index (χ4n) is 3.51. The molecule has 0 radical (unpaired) electrons. The van der Waals surface area contributed by atoms with Gasteiger partial charge in [0.25, 0.3) is 0 Å². The molecule has 0 atom stereocenters. The van der Waals surface area contributed by atoms with Gasteiger partial charge >= 0.3 is 5.97 Å². The molecule has 1 N–H and O–H groups in total. The lowest BCUT2D eigenvalue weighted by Gasteiger charge is -2.68. The van der Waals surface area contributed by atoms with E-state index < -0.39 is 0 Å². The zero-order chi connectivity index (χ0) is 14.4. The molecule has 4 nitrogen and oxygen atoms in total. The van der Waals surface area contributed by atoms with Gasteiger partial charge in [0.05, 0.1) is 18.9 Å². The first-order valence-electron chi connectivity index (χ1n) is 6.62. The SMILES string of the molecule is COC(=O)C12CC(NC(=O)Cc3ccccc3Br)(C1)C2. The van der Waals surface area contributed by atoms with Crippen LogP contribution in [0.3, 0.4) is 0 Å². The number of rotatable bonds is 4. The molecule has 0 unspecified atom stereocenters. The van der Waals surface area contributed by atoms with E-state index in [1.807, 2.05) is 24.3 Å². The summed E-state index contributed by atoms with van der Waals surface area (Å²) in [6.45, 7) is 0. The molecular formula is C15H16BrNO3. The maximum absolute atomic E-state index is 12.1. The van der Waals surface area contributed by atoms with Crippen molar-refractivity contribution in [2.45, 2.75) is 31.2 Å². The Hall–Kier alpha value is -1.36. The molecule has 5 heteroatoms.